The number of aromatic nitrogens is 1. The van der Waals surface area contributed by atoms with E-state index < -0.39 is 0 Å². The third-order valence-electron chi connectivity index (χ3n) is 10.1. The number of carbonyl (C=O) groups is 2. The van der Waals surface area contributed by atoms with Gasteiger partial charge in [0, 0.05) is 48.0 Å². The van der Waals surface area contributed by atoms with Gasteiger partial charge < -0.3 is 16.0 Å². The molecule has 1 aliphatic heterocycles. The fourth-order valence-electron chi connectivity index (χ4n) is 7.53. The molecule has 6 nitrogen and oxygen atoms in total. The van der Waals surface area contributed by atoms with Crippen molar-refractivity contribution >= 4 is 28.3 Å². The second kappa shape index (κ2) is 12.9. The Labute approximate surface area is 250 Å². The Balaban J connectivity index is 0.991. The Bertz CT molecular complexity index is 1390. The van der Waals surface area contributed by atoms with E-state index in [-0.39, 0.29) is 23.7 Å². The van der Waals surface area contributed by atoms with Crippen LogP contribution in [-0.2, 0) is 4.79 Å². The van der Waals surface area contributed by atoms with Crippen LogP contribution in [0.1, 0.15) is 98.0 Å². The number of amides is 2. The zero-order chi connectivity index (χ0) is 28.9. The van der Waals surface area contributed by atoms with Crippen LogP contribution in [0.3, 0.4) is 0 Å². The minimum Gasteiger partial charge on any atom is -0.352 e. The number of benzene rings is 2. The lowest BCUT2D eigenvalue weighted by Gasteiger charge is -2.42. The molecule has 2 amide bonds. The van der Waals surface area contributed by atoms with Gasteiger partial charge in [0.25, 0.3) is 5.91 Å². The maximum Gasteiger partial charge on any atom is 0.251 e. The predicted molar refractivity (Wildman–Crippen MR) is 170 cm³/mol. The van der Waals surface area contributed by atoms with Crippen molar-refractivity contribution in [2.45, 2.75) is 83.5 Å². The molecule has 6 rings (SSSR count). The number of hydrogen-bond donors (Lipinski definition) is 3. The number of hydrogen-bond acceptors (Lipinski definition) is 4. The molecule has 222 valence electrons. The van der Waals surface area contributed by atoms with Crippen LogP contribution < -0.4 is 16.0 Å². The summed E-state index contributed by atoms with van der Waals surface area (Å²) < 4.78 is 0. The number of rotatable bonds is 6. The SMILES string of the molecule is Cc1cncc2ccc(NC(=O)C3CC3c3ccc(C(=O)NCC4CNCC5(CCCCCCCCC5)C4)cc3)cc12. The second-order valence-electron chi connectivity index (χ2n) is 13.3. The first-order chi connectivity index (χ1) is 20.5. The van der Waals surface area contributed by atoms with Crippen molar-refractivity contribution in [3.05, 3.63) is 71.5 Å². The first kappa shape index (κ1) is 28.9. The molecule has 3 fully saturated rings. The van der Waals surface area contributed by atoms with Gasteiger partial charge in [-0.05, 0) is 97.2 Å². The Morgan fingerprint density at radius 1 is 0.952 bits per heavy atom. The molecule has 2 saturated carbocycles. The van der Waals surface area contributed by atoms with Crippen LogP contribution in [0.5, 0.6) is 0 Å². The number of aryl methyl sites for hydroxylation is 1. The summed E-state index contributed by atoms with van der Waals surface area (Å²) in [5, 5.41) is 12.2. The van der Waals surface area contributed by atoms with Gasteiger partial charge in [0.1, 0.15) is 0 Å². The summed E-state index contributed by atoms with van der Waals surface area (Å²) in [5.41, 5.74) is 4.14. The minimum atomic E-state index is -0.0352. The van der Waals surface area contributed by atoms with E-state index in [1.165, 1.54) is 64.2 Å². The quantitative estimate of drug-likeness (QED) is 0.296. The van der Waals surface area contributed by atoms with Crippen molar-refractivity contribution in [1.29, 1.82) is 0 Å². The van der Waals surface area contributed by atoms with E-state index >= 15 is 0 Å². The fraction of sp³-hybridized carbons (Fsp3) is 0.528. The van der Waals surface area contributed by atoms with Gasteiger partial charge in [-0.1, -0.05) is 63.1 Å². The number of carbonyl (C=O) groups excluding carboxylic acids is 2. The third kappa shape index (κ3) is 6.86. The van der Waals surface area contributed by atoms with Gasteiger partial charge in [-0.2, -0.15) is 0 Å². The molecule has 3 N–H and O–H groups in total. The largest absolute Gasteiger partial charge is 0.352 e. The average Bonchev–Trinajstić information content (AvgIpc) is 3.81. The summed E-state index contributed by atoms with van der Waals surface area (Å²) in [7, 11) is 0. The highest BCUT2D eigenvalue weighted by molar-refractivity contribution is 5.98. The Morgan fingerprint density at radius 3 is 2.45 bits per heavy atom. The number of pyridine rings is 1. The highest BCUT2D eigenvalue weighted by Gasteiger charge is 2.44. The standard InChI is InChI=1S/C36H46N4O2/c1-25-20-37-23-29-13-14-30(17-31(25)29)40-35(42)33-18-32(33)27-9-11-28(12-10-27)34(41)39-22-26-19-36(24-38-21-26)15-7-5-3-2-4-6-8-16-36/h9-14,17,20,23,26,32-33,38H,2-8,15-16,18-19,21-22,24H2,1H3,(H,39,41)(H,40,42). The topological polar surface area (TPSA) is 83.1 Å². The Hall–Kier alpha value is -3.25. The molecular weight excluding hydrogens is 520 g/mol. The summed E-state index contributed by atoms with van der Waals surface area (Å²) in [6.07, 6.45) is 18.0. The lowest BCUT2D eigenvalue weighted by atomic mass is 9.69. The van der Waals surface area contributed by atoms with Crippen LogP contribution in [0.25, 0.3) is 10.8 Å². The molecular formula is C36H46N4O2. The molecule has 2 heterocycles. The monoisotopic (exact) mass is 566 g/mol. The zero-order valence-corrected chi connectivity index (χ0v) is 25.1. The van der Waals surface area contributed by atoms with Crippen molar-refractivity contribution in [3.8, 4) is 0 Å². The zero-order valence-electron chi connectivity index (χ0n) is 25.1. The summed E-state index contributed by atoms with van der Waals surface area (Å²) in [6, 6.07) is 13.9. The third-order valence-corrected chi connectivity index (χ3v) is 10.1. The van der Waals surface area contributed by atoms with Crippen LogP contribution in [0.4, 0.5) is 5.69 Å². The maximum absolute atomic E-state index is 13.0. The average molecular weight is 567 g/mol. The van der Waals surface area contributed by atoms with E-state index in [2.05, 4.69) is 20.9 Å². The number of nitrogens with one attached hydrogen (secondary N) is 3. The molecule has 2 aliphatic carbocycles. The Morgan fingerprint density at radius 2 is 1.69 bits per heavy atom. The highest BCUT2D eigenvalue weighted by atomic mass is 16.2. The molecule has 3 unspecified atom stereocenters. The van der Waals surface area contributed by atoms with E-state index in [1.54, 1.807) is 0 Å². The molecule has 1 aromatic heterocycles. The summed E-state index contributed by atoms with van der Waals surface area (Å²) in [5.74, 6) is 0.710. The minimum absolute atomic E-state index is 0.000912. The maximum atomic E-state index is 13.0. The molecule has 3 aliphatic rings. The lowest BCUT2D eigenvalue weighted by Crippen LogP contribution is -2.48. The van der Waals surface area contributed by atoms with Gasteiger partial charge >= 0.3 is 0 Å². The van der Waals surface area contributed by atoms with Gasteiger partial charge in [0.15, 0.2) is 0 Å². The van der Waals surface area contributed by atoms with Crippen LogP contribution >= 0.6 is 0 Å². The highest BCUT2D eigenvalue weighted by Crippen LogP contribution is 2.48. The number of anilines is 1. The van der Waals surface area contributed by atoms with E-state index in [0.717, 1.165) is 53.6 Å². The summed E-state index contributed by atoms with van der Waals surface area (Å²) in [6.45, 7) is 4.89. The lowest BCUT2D eigenvalue weighted by molar-refractivity contribution is -0.117. The van der Waals surface area contributed by atoms with Gasteiger partial charge in [-0.15, -0.1) is 0 Å². The Kier molecular flexibility index (Phi) is 8.89. The van der Waals surface area contributed by atoms with Gasteiger partial charge in [0.05, 0.1) is 0 Å². The van der Waals surface area contributed by atoms with E-state index in [0.29, 0.717) is 16.9 Å². The summed E-state index contributed by atoms with van der Waals surface area (Å²) >= 11 is 0. The van der Waals surface area contributed by atoms with Gasteiger partial charge in [-0.3, -0.25) is 14.6 Å². The second-order valence-corrected chi connectivity index (χ2v) is 13.3. The van der Waals surface area contributed by atoms with Crippen LogP contribution in [-0.4, -0.2) is 36.4 Å². The molecule has 42 heavy (non-hydrogen) atoms. The van der Waals surface area contributed by atoms with Gasteiger partial charge in [-0.25, -0.2) is 0 Å². The van der Waals surface area contributed by atoms with Crippen LogP contribution in [0.15, 0.2) is 54.9 Å². The molecule has 0 radical (unpaired) electrons. The number of piperidine rings is 1. The van der Waals surface area contributed by atoms with Crippen LogP contribution in [0.2, 0.25) is 0 Å². The van der Waals surface area contributed by atoms with Crippen LogP contribution in [0, 0.1) is 24.2 Å². The molecule has 6 heteroatoms. The normalized spacial score (nSPS) is 24.2. The van der Waals surface area contributed by atoms with Crippen molar-refractivity contribution in [2.75, 3.05) is 25.0 Å². The number of nitrogens with zero attached hydrogens (tertiary/aromatic N) is 1. The predicted octanol–water partition coefficient (Wildman–Crippen LogP) is 7.14. The molecule has 1 spiro atoms. The fourth-order valence-corrected chi connectivity index (χ4v) is 7.53. The van der Waals surface area contributed by atoms with Crippen molar-refractivity contribution in [3.63, 3.8) is 0 Å². The van der Waals surface area contributed by atoms with Crippen molar-refractivity contribution in [1.82, 2.24) is 15.6 Å². The summed E-state index contributed by atoms with van der Waals surface area (Å²) in [4.78, 5) is 30.3. The van der Waals surface area contributed by atoms with E-state index in [1.807, 2.05) is 61.8 Å². The molecule has 2 aromatic carbocycles. The first-order valence-corrected chi connectivity index (χ1v) is 16.2. The molecule has 1 saturated heterocycles. The van der Waals surface area contributed by atoms with Gasteiger partial charge in [0.2, 0.25) is 5.91 Å². The molecule has 3 atom stereocenters. The number of fused-ring (bicyclic) bond motifs is 1. The first-order valence-electron chi connectivity index (χ1n) is 16.2. The van der Waals surface area contributed by atoms with E-state index in [9.17, 15) is 9.59 Å². The van der Waals surface area contributed by atoms with E-state index in [4.69, 9.17) is 0 Å². The smallest absolute Gasteiger partial charge is 0.251 e. The van der Waals surface area contributed by atoms with Crippen molar-refractivity contribution < 1.29 is 9.59 Å². The molecule has 3 aromatic rings. The van der Waals surface area contributed by atoms with Crippen molar-refractivity contribution in [2.24, 2.45) is 17.3 Å². The molecule has 0 bridgehead atoms.